The summed E-state index contributed by atoms with van der Waals surface area (Å²) in [4.78, 5) is 32.1. The SMILES string of the molecule is COC1CCN(C(=O)c2ccc(-c3ccc(Cl)cc3)c(COc3ccc(-c4nc5cc(C(=O)O)ccc5n4C4CCCCC4)cc3)c2)CC1. The van der Waals surface area contributed by atoms with Gasteiger partial charge in [0.1, 0.15) is 18.2 Å². The Morgan fingerprint density at radius 3 is 2.22 bits per heavy atom. The van der Waals surface area contributed by atoms with Crippen LogP contribution in [0.25, 0.3) is 33.5 Å². The molecule has 2 aliphatic rings. The molecule has 49 heavy (non-hydrogen) atoms. The molecular formula is C40H40ClN3O5. The van der Waals surface area contributed by atoms with Crippen LogP contribution >= 0.6 is 11.6 Å². The van der Waals surface area contributed by atoms with E-state index in [0.29, 0.717) is 41.0 Å². The van der Waals surface area contributed by atoms with Crippen molar-refractivity contribution in [3.05, 3.63) is 107 Å². The molecule has 1 saturated carbocycles. The molecule has 1 saturated heterocycles. The largest absolute Gasteiger partial charge is 0.489 e. The number of ether oxygens (including phenoxy) is 2. The van der Waals surface area contributed by atoms with Gasteiger partial charge in [-0.1, -0.05) is 49.1 Å². The van der Waals surface area contributed by atoms with Crippen molar-refractivity contribution < 1.29 is 24.2 Å². The van der Waals surface area contributed by atoms with Crippen molar-refractivity contribution in [1.29, 1.82) is 0 Å². The van der Waals surface area contributed by atoms with Crippen molar-refractivity contribution in [3.63, 3.8) is 0 Å². The molecule has 9 heteroatoms. The molecule has 0 spiro atoms. The maximum Gasteiger partial charge on any atom is 0.335 e. The Labute approximate surface area is 291 Å². The first-order chi connectivity index (χ1) is 23.9. The van der Waals surface area contributed by atoms with Gasteiger partial charge in [0.2, 0.25) is 0 Å². The smallest absolute Gasteiger partial charge is 0.335 e. The molecular weight excluding hydrogens is 638 g/mol. The Bertz CT molecular complexity index is 1960. The maximum atomic E-state index is 13.5. The molecule has 0 bridgehead atoms. The van der Waals surface area contributed by atoms with Crippen molar-refractivity contribution in [3.8, 4) is 28.3 Å². The number of halogens is 1. The monoisotopic (exact) mass is 677 g/mol. The molecule has 1 aliphatic carbocycles. The summed E-state index contributed by atoms with van der Waals surface area (Å²) in [6.07, 6.45) is 7.57. The van der Waals surface area contributed by atoms with E-state index in [1.165, 1.54) is 19.3 Å². The molecule has 7 rings (SSSR count). The number of hydrogen-bond acceptors (Lipinski definition) is 5. The zero-order valence-electron chi connectivity index (χ0n) is 27.6. The number of likely N-dealkylation sites (tertiary alicyclic amines) is 1. The fourth-order valence-electron chi connectivity index (χ4n) is 7.24. The van der Waals surface area contributed by atoms with Gasteiger partial charge in [-0.2, -0.15) is 0 Å². The third-order valence-electron chi connectivity index (χ3n) is 9.95. The number of hydrogen-bond donors (Lipinski definition) is 1. The molecule has 2 fully saturated rings. The summed E-state index contributed by atoms with van der Waals surface area (Å²) in [7, 11) is 1.73. The Balaban J connectivity index is 1.15. The van der Waals surface area contributed by atoms with E-state index >= 15 is 0 Å². The number of imidazole rings is 1. The summed E-state index contributed by atoms with van der Waals surface area (Å²) in [5, 5.41) is 10.2. The van der Waals surface area contributed by atoms with E-state index in [-0.39, 0.29) is 24.2 Å². The zero-order valence-corrected chi connectivity index (χ0v) is 28.4. The topological polar surface area (TPSA) is 93.9 Å². The number of nitrogens with zero attached hydrogens (tertiary/aromatic N) is 3. The number of methoxy groups -OCH3 is 1. The quantitative estimate of drug-likeness (QED) is 0.167. The van der Waals surface area contributed by atoms with Crippen molar-refractivity contribution in [1.82, 2.24) is 14.5 Å². The molecule has 1 aromatic heterocycles. The number of amides is 1. The van der Waals surface area contributed by atoms with E-state index in [9.17, 15) is 14.7 Å². The molecule has 1 amide bonds. The number of carbonyl (C=O) groups excluding carboxylic acids is 1. The number of piperidine rings is 1. The highest BCUT2D eigenvalue weighted by Crippen LogP contribution is 2.37. The predicted molar refractivity (Wildman–Crippen MR) is 191 cm³/mol. The molecule has 8 nitrogen and oxygen atoms in total. The maximum absolute atomic E-state index is 13.5. The van der Waals surface area contributed by atoms with Gasteiger partial charge in [-0.05, 0) is 109 Å². The van der Waals surface area contributed by atoms with Gasteiger partial charge in [0.05, 0.1) is 22.7 Å². The van der Waals surface area contributed by atoms with Gasteiger partial charge < -0.3 is 24.0 Å². The van der Waals surface area contributed by atoms with E-state index in [4.69, 9.17) is 26.1 Å². The van der Waals surface area contributed by atoms with Crippen LogP contribution in [0.2, 0.25) is 5.02 Å². The van der Waals surface area contributed by atoms with Gasteiger partial charge in [0, 0.05) is 42.4 Å². The lowest BCUT2D eigenvalue weighted by molar-refractivity contribution is 0.0350. The van der Waals surface area contributed by atoms with Crippen LogP contribution < -0.4 is 4.74 Å². The fourth-order valence-corrected chi connectivity index (χ4v) is 7.37. The number of aromatic nitrogens is 2. The number of aromatic carboxylic acids is 1. The van der Waals surface area contributed by atoms with Crippen LogP contribution in [0.1, 0.15) is 77.3 Å². The van der Waals surface area contributed by atoms with Gasteiger partial charge in [-0.3, -0.25) is 4.79 Å². The summed E-state index contributed by atoms with van der Waals surface area (Å²) in [6.45, 7) is 1.61. The van der Waals surface area contributed by atoms with Crippen LogP contribution in [0.5, 0.6) is 5.75 Å². The molecule has 0 radical (unpaired) electrons. The lowest BCUT2D eigenvalue weighted by Crippen LogP contribution is -2.40. The summed E-state index contributed by atoms with van der Waals surface area (Å²) in [5.74, 6) is 0.580. The van der Waals surface area contributed by atoms with Gasteiger partial charge in [0.25, 0.3) is 5.91 Å². The third kappa shape index (κ3) is 7.07. The van der Waals surface area contributed by atoms with Crippen LogP contribution in [0.15, 0.2) is 84.9 Å². The highest BCUT2D eigenvalue weighted by Gasteiger charge is 2.25. The Morgan fingerprint density at radius 2 is 1.53 bits per heavy atom. The third-order valence-corrected chi connectivity index (χ3v) is 10.2. The molecule has 0 atom stereocenters. The number of rotatable bonds is 9. The van der Waals surface area contributed by atoms with Gasteiger partial charge in [-0.15, -0.1) is 0 Å². The van der Waals surface area contributed by atoms with E-state index < -0.39 is 5.97 Å². The molecule has 1 aliphatic heterocycles. The van der Waals surface area contributed by atoms with Gasteiger partial charge >= 0.3 is 5.97 Å². The predicted octanol–water partition coefficient (Wildman–Crippen LogP) is 9.06. The lowest BCUT2D eigenvalue weighted by Gasteiger charge is -2.31. The fraction of sp³-hybridized carbons (Fsp3) is 0.325. The minimum absolute atomic E-state index is 0.0131. The molecule has 252 valence electrons. The van der Waals surface area contributed by atoms with E-state index in [2.05, 4.69) is 4.57 Å². The number of fused-ring (bicyclic) bond motifs is 1. The molecule has 1 N–H and O–H groups in total. The first kappa shape index (κ1) is 32.9. The Hall–Kier alpha value is -4.66. The first-order valence-corrected chi connectivity index (χ1v) is 17.4. The van der Waals surface area contributed by atoms with Crippen molar-refractivity contribution in [2.75, 3.05) is 20.2 Å². The summed E-state index contributed by atoms with van der Waals surface area (Å²) >= 11 is 6.19. The average Bonchev–Trinajstić information content (AvgIpc) is 3.53. The molecule has 0 unspecified atom stereocenters. The molecule has 4 aromatic carbocycles. The van der Waals surface area contributed by atoms with Crippen molar-refractivity contribution in [2.24, 2.45) is 0 Å². The standard InChI is InChI=1S/C40H40ClN3O5/c1-48-33-19-21-43(22-20-33)39(45)28-11-17-35(26-7-13-31(41)14-8-26)30(23-28)25-49-34-15-9-27(10-16-34)38-42-36-24-29(40(46)47)12-18-37(36)44(38)32-5-3-2-4-6-32/h7-18,23-24,32-33H,2-6,19-22,25H2,1H3,(H,46,47). The second-order valence-corrected chi connectivity index (χ2v) is 13.5. The van der Waals surface area contributed by atoms with E-state index in [1.807, 2.05) is 77.7 Å². The molecule has 2 heterocycles. The second kappa shape index (κ2) is 14.4. The van der Waals surface area contributed by atoms with Crippen molar-refractivity contribution >= 4 is 34.5 Å². The summed E-state index contributed by atoms with van der Waals surface area (Å²) < 4.78 is 14.2. The van der Waals surface area contributed by atoms with Gasteiger partial charge in [-0.25, -0.2) is 9.78 Å². The minimum atomic E-state index is -0.960. The van der Waals surface area contributed by atoms with Crippen LogP contribution in [0, 0.1) is 0 Å². The minimum Gasteiger partial charge on any atom is -0.489 e. The number of benzene rings is 4. The summed E-state index contributed by atoms with van der Waals surface area (Å²) in [6, 6.07) is 27.0. The Morgan fingerprint density at radius 1 is 0.837 bits per heavy atom. The van der Waals surface area contributed by atoms with Gasteiger partial charge in [0.15, 0.2) is 0 Å². The van der Waals surface area contributed by atoms with Crippen LogP contribution in [-0.4, -0.2) is 57.7 Å². The number of carboxylic acid groups (broad SMARTS) is 1. The Kier molecular flexibility index (Phi) is 9.69. The normalized spacial score (nSPS) is 15.8. The van der Waals surface area contributed by atoms with Crippen LogP contribution in [0.4, 0.5) is 0 Å². The zero-order chi connectivity index (χ0) is 33.9. The van der Waals surface area contributed by atoms with Crippen LogP contribution in [0.3, 0.4) is 0 Å². The van der Waals surface area contributed by atoms with Crippen LogP contribution in [-0.2, 0) is 11.3 Å². The second-order valence-electron chi connectivity index (χ2n) is 13.0. The van der Waals surface area contributed by atoms with E-state index in [1.54, 1.807) is 19.2 Å². The lowest BCUT2D eigenvalue weighted by atomic mass is 9.95. The average molecular weight is 678 g/mol. The highest BCUT2D eigenvalue weighted by atomic mass is 35.5. The van der Waals surface area contributed by atoms with Crippen molar-refractivity contribution in [2.45, 2.75) is 63.7 Å². The molecule has 5 aromatic rings. The number of carbonyl (C=O) groups is 2. The first-order valence-electron chi connectivity index (χ1n) is 17.1. The highest BCUT2D eigenvalue weighted by molar-refractivity contribution is 6.30. The summed E-state index contributed by atoms with van der Waals surface area (Å²) in [5.41, 5.74) is 6.32. The number of carboxylic acids is 1. The van der Waals surface area contributed by atoms with E-state index in [0.717, 1.165) is 59.3 Å².